The van der Waals surface area contributed by atoms with Crippen molar-refractivity contribution in [2.24, 2.45) is 0 Å². The molecule has 0 saturated heterocycles. The molecule has 0 amide bonds. The Morgan fingerprint density at radius 1 is 0.870 bits per heavy atom. The lowest BCUT2D eigenvalue weighted by molar-refractivity contribution is 1.09. The number of pyridine rings is 1. The number of aryl methyl sites for hydroxylation is 1. The van der Waals surface area contributed by atoms with Crippen LogP contribution in [0, 0.1) is 0 Å². The summed E-state index contributed by atoms with van der Waals surface area (Å²) in [5, 5.41) is 1.23. The maximum absolute atomic E-state index is 4.62. The van der Waals surface area contributed by atoms with Crippen LogP contribution in [0.25, 0.3) is 28.0 Å². The summed E-state index contributed by atoms with van der Waals surface area (Å²) in [5.41, 5.74) is 5.82. The van der Waals surface area contributed by atoms with Gasteiger partial charge < -0.3 is 4.57 Å². The largest absolute Gasteiger partial charge is 0.308 e. The van der Waals surface area contributed by atoms with Crippen LogP contribution >= 0.6 is 0 Å². The van der Waals surface area contributed by atoms with E-state index >= 15 is 0 Å². The summed E-state index contributed by atoms with van der Waals surface area (Å²) >= 11 is 0. The molecular weight excluding hydrogens is 280 g/mol. The summed E-state index contributed by atoms with van der Waals surface area (Å²) in [5.74, 6) is 0. The monoisotopic (exact) mass is 298 g/mol. The van der Waals surface area contributed by atoms with Gasteiger partial charge in [-0.2, -0.15) is 0 Å². The minimum atomic E-state index is 1.01. The van der Waals surface area contributed by atoms with Gasteiger partial charge >= 0.3 is 0 Å². The maximum Gasteiger partial charge on any atom is 0.0873 e. The van der Waals surface area contributed by atoms with Gasteiger partial charge in [0.15, 0.2) is 0 Å². The van der Waals surface area contributed by atoms with Gasteiger partial charge in [0.25, 0.3) is 0 Å². The second-order valence-corrected chi connectivity index (χ2v) is 5.66. The second kappa shape index (κ2) is 5.73. The molecule has 2 heterocycles. The fraction of sp³-hybridized carbons (Fsp3) is 0.0952. The molecule has 0 saturated carbocycles. The molecule has 0 bridgehead atoms. The predicted molar refractivity (Wildman–Crippen MR) is 95.9 cm³/mol. The van der Waals surface area contributed by atoms with E-state index in [4.69, 9.17) is 0 Å². The van der Waals surface area contributed by atoms with Gasteiger partial charge in [-0.05, 0) is 48.4 Å². The summed E-state index contributed by atoms with van der Waals surface area (Å²) in [6.07, 6.45) is 2.92. The molecule has 23 heavy (non-hydrogen) atoms. The van der Waals surface area contributed by atoms with Crippen LogP contribution in [0.4, 0.5) is 0 Å². The zero-order chi connectivity index (χ0) is 15.6. The summed E-state index contributed by atoms with van der Waals surface area (Å²) < 4.78 is 2.29. The highest BCUT2D eigenvalue weighted by atomic mass is 15.0. The van der Waals surface area contributed by atoms with Crippen molar-refractivity contribution in [2.45, 2.75) is 13.3 Å². The highest BCUT2D eigenvalue weighted by Crippen LogP contribution is 2.30. The zero-order valence-corrected chi connectivity index (χ0v) is 13.1. The molecule has 0 unspecified atom stereocenters. The number of benzene rings is 2. The third-order valence-corrected chi connectivity index (χ3v) is 4.22. The lowest BCUT2D eigenvalue weighted by Gasteiger charge is -2.11. The Bertz CT molecular complexity index is 952. The van der Waals surface area contributed by atoms with E-state index in [1.165, 1.54) is 16.5 Å². The Balaban J connectivity index is 2.02. The van der Waals surface area contributed by atoms with Gasteiger partial charge in [-0.15, -0.1) is 0 Å². The van der Waals surface area contributed by atoms with E-state index in [1.807, 2.05) is 12.3 Å². The quantitative estimate of drug-likeness (QED) is 0.505. The van der Waals surface area contributed by atoms with Gasteiger partial charge in [0.2, 0.25) is 0 Å². The highest BCUT2D eigenvalue weighted by Gasteiger charge is 2.13. The Morgan fingerprint density at radius 2 is 1.65 bits per heavy atom. The van der Waals surface area contributed by atoms with Crippen LogP contribution in [0.15, 0.2) is 79.0 Å². The fourth-order valence-corrected chi connectivity index (χ4v) is 3.03. The van der Waals surface area contributed by atoms with Crippen molar-refractivity contribution < 1.29 is 0 Å². The Hall–Kier alpha value is -2.87. The minimum absolute atomic E-state index is 1.01. The van der Waals surface area contributed by atoms with Crippen molar-refractivity contribution in [1.82, 2.24) is 9.55 Å². The van der Waals surface area contributed by atoms with Crippen molar-refractivity contribution in [3.8, 4) is 17.1 Å². The van der Waals surface area contributed by atoms with Crippen LogP contribution in [0.2, 0.25) is 0 Å². The van der Waals surface area contributed by atoms with E-state index in [0.29, 0.717) is 0 Å². The van der Waals surface area contributed by atoms with E-state index in [0.717, 1.165) is 23.5 Å². The maximum atomic E-state index is 4.62. The van der Waals surface area contributed by atoms with Crippen LogP contribution in [0.1, 0.15) is 12.5 Å². The van der Waals surface area contributed by atoms with Crippen LogP contribution in [-0.4, -0.2) is 9.55 Å². The SMILES string of the molecule is CCc1ccnc(-c2cc3ccccc3n2-c2ccccc2)c1. The number of hydrogen-bond acceptors (Lipinski definition) is 1. The average Bonchev–Trinajstić information content (AvgIpc) is 3.02. The summed E-state index contributed by atoms with van der Waals surface area (Å²) in [6.45, 7) is 2.17. The number of nitrogens with zero attached hydrogens (tertiary/aromatic N) is 2. The number of rotatable bonds is 3. The van der Waals surface area contributed by atoms with Crippen molar-refractivity contribution in [1.29, 1.82) is 0 Å². The molecule has 0 spiro atoms. The molecule has 4 aromatic rings. The topological polar surface area (TPSA) is 17.8 Å². The first-order chi connectivity index (χ1) is 11.4. The summed E-state index contributed by atoms with van der Waals surface area (Å²) in [4.78, 5) is 4.62. The first kappa shape index (κ1) is 13.8. The molecule has 0 N–H and O–H groups in total. The third-order valence-electron chi connectivity index (χ3n) is 4.22. The van der Waals surface area contributed by atoms with Crippen LogP contribution in [0.5, 0.6) is 0 Å². The van der Waals surface area contributed by atoms with E-state index in [1.54, 1.807) is 0 Å². The van der Waals surface area contributed by atoms with Gasteiger partial charge in [0.05, 0.1) is 16.9 Å². The molecule has 2 aromatic heterocycles. The number of aromatic nitrogens is 2. The lowest BCUT2D eigenvalue weighted by atomic mass is 10.1. The molecule has 112 valence electrons. The van der Waals surface area contributed by atoms with Gasteiger partial charge in [-0.3, -0.25) is 4.98 Å². The van der Waals surface area contributed by atoms with Gasteiger partial charge in [-0.25, -0.2) is 0 Å². The number of hydrogen-bond donors (Lipinski definition) is 0. The third kappa shape index (κ3) is 2.42. The molecule has 2 nitrogen and oxygen atoms in total. The lowest BCUT2D eigenvalue weighted by Crippen LogP contribution is -1.98. The average molecular weight is 298 g/mol. The van der Waals surface area contributed by atoms with Crippen molar-refractivity contribution in [3.63, 3.8) is 0 Å². The van der Waals surface area contributed by atoms with Gasteiger partial charge in [0, 0.05) is 17.3 Å². The molecule has 0 radical (unpaired) electrons. The first-order valence-corrected chi connectivity index (χ1v) is 7.98. The van der Waals surface area contributed by atoms with Crippen molar-refractivity contribution in [2.75, 3.05) is 0 Å². The minimum Gasteiger partial charge on any atom is -0.308 e. The molecule has 4 rings (SSSR count). The standard InChI is InChI=1S/C21H18N2/c1-2-16-12-13-22-19(14-16)21-15-17-8-6-7-11-20(17)23(21)18-9-4-3-5-10-18/h3-15H,2H2,1H3. The number of fused-ring (bicyclic) bond motifs is 1. The van der Waals surface area contributed by atoms with Crippen LogP contribution in [-0.2, 0) is 6.42 Å². The van der Waals surface area contributed by atoms with Gasteiger partial charge in [-0.1, -0.05) is 43.3 Å². The molecule has 0 aliphatic carbocycles. The Labute approximate surface area is 136 Å². The zero-order valence-electron chi connectivity index (χ0n) is 13.1. The van der Waals surface area contributed by atoms with E-state index in [2.05, 4.69) is 83.2 Å². The summed E-state index contributed by atoms with van der Waals surface area (Å²) in [6, 6.07) is 25.4. The molecular formula is C21H18N2. The van der Waals surface area contributed by atoms with Gasteiger partial charge in [0.1, 0.15) is 0 Å². The number of para-hydroxylation sites is 2. The van der Waals surface area contributed by atoms with Crippen molar-refractivity contribution in [3.05, 3.63) is 84.6 Å². The smallest absolute Gasteiger partial charge is 0.0873 e. The molecule has 0 fully saturated rings. The molecule has 2 aromatic carbocycles. The summed E-state index contributed by atoms with van der Waals surface area (Å²) in [7, 11) is 0. The highest BCUT2D eigenvalue weighted by molar-refractivity contribution is 5.88. The molecule has 2 heteroatoms. The van der Waals surface area contributed by atoms with E-state index in [-0.39, 0.29) is 0 Å². The first-order valence-electron chi connectivity index (χ1n) is 7.98. The van der Waals surface area contributed by atoms with Crippen LogP contribution in [0.3, 0.4) is 0 Å². The molecule has 0 atom stereocenters. The van der Waals surface area contributed by atoms with Crippen LogP contribution < -0.4 is 0 Å². The Kier molecular flexibility index (Phi) is 3.43. The van der Waals surface area contributed by atoms with E-state index < -0.39 is 0 Å². The predicted octanol–water partition coefficient (Wildman–Crippen LogP) is 5.25. The van der Waals surface area contributed by atoms with E-state index in [9.17, 15) is 0 Å². The Morgan fingerprint density at radius 3 is 2.48 bits per heavy atom. The normalized spacial score (nSPS) is 11.0. The van der Waals surface area contributed by atoms with Crippen molar-refractivity contribution >= 4 is 10.9 Å². The molecule has 0 aliphatic rings. The second-order valence-electron chi connectivity index (χ2n) is 5.66. The fourth-order valence-electron chi connectivity index (χ4n) is 3.03. The molecule has 0 aliphatic heterocycles.